The summed E-state index contributed by atoms with van der Waals surface area (Å²) in [5.74, 6) is 0.679. The molecule has 5 heteroatoms. The van der Waals surface area contributed by atoms with E-state index in [1.54, 1.807) is 0 Å². The zero-order chi connectivity index (χ0) is 37.7. The molecule has 0 aliphatic carbocycles. The molecule has 0 saturated heterocycles. The van der Waals surface area contributed by atoms with Crippen molar-refractivity contribution in [3.8, 4) is 45.0 Å². The molecule has 0 saturated carbocycles. The Balaban J connectivity index is 1.12. The molecule has 0 aliphatic heterocycles. The summed E-state index contributed by atoms with van der Waals surface area (Å²) >= 11 is 0. The molecule has 6 aromatic carbocycles. The molecule has 0 aliphatic rings. The fourth-order valence-corrected chi connectivity index (χ4v) is 7.92. The smallest absolute Gasteiger partial charge is 0.160 e. The predicted octanol–water partition coefficient (Wildman–Crippen LogP) is 13.1. The van der Waals surface area contributed by atoms with E-state index in [1.807, 2.05) is 36.7 Å². The zero-order valence-electron chi connectivity index (χ0n) is 30.8. The van der Waals surface area contributed by atoms with Gasteiger partial charge in [0.15, 0.2) is 5.82 Å². The number of hydrogen-bond donors (Lipinski definition) is 0. The predicted molar refractivity (Wildman–Crippen MR) is 235 cm³/mol. The van der Waals surface area contributed by atoms with Gasteiger partial charge in [0.25, 0.3) is 0 Å². The van der Waals surface area contributed by atoms with E-state index in [4.69, 9.17) is 15.0 Å². The summed E-state index contributed by atoms with van der Waals surface area (Å²) in [4.78, 5) is 20.0. The van der Waals surface area contributed by atoms with E-state index in [9.17, 15) is 0 Å². The van der Waals surface area contributed by atoms with E-state index in [0.717, 1.165) is 99.0 Å². The first-order valence-electron chi connectivity index (χ1n) is 19.1. The van der Waals surface area contributed by atoms with Crippen molar-refractivity contribution >= 4 is 59.8 Å². The zero-order valence-corrected chi connectivity index (χ0v) is 30.8. The molecule has 0 unspecified atom stereocenters. The van der Waals surface area contributed by atoms with Gasteiger partial charge in [0, 0.05) is 39.9 Å². The molecule has 8 bridgehead atoms. The van der Waals surface area contributed by atoms with Crippen LogP contribution in [0.3, 0.4) is 0 Å². The lowest BCUT2D eigenvalue weighted by Crippen LogP contribution is -1.96. The molecule has 9 heterocycles. The Morgan fingerprint density at radius 1 is 0.386 bits per heavy atom. The minimum Gasteiger partial charge on any atom is -0.315 e. The van der Waals surface area contributed by atoms with Crippen molar-refractivity contribution in [3.63, 3.8) is 0 Å². The highest BCUT2D eigenvalue weighted by Gasteiger charge is 2.14. The van der Waals surface area contributed by atoms with Gasteiger partial charge >= 0.3 is 0 Å². The molecule has 0 radical (unpaired) electrons. The summed E-state index contributed by atoms with van der Waals surface area (Å²) in [6.45, 7) is 0. The largest absolute Gasteiger partial charge is 0.315 e. The fraction of sp³-hybridized carbons (Fsp3) is 0. The first-order chi connectivity index (χ1) is 28.2. The highest BCUT2D eigenvalue weighted by Crippen LogP contribution is 2.35. The van der Waals surface area contributed by atoms with Crippen LogP contribution >= 0.6 is 0 Å². The quantitative estimate of drug-likeness (QED) is 0.181. The van der Waals surface area contributed by atoms with Crippen LogP contribution in [0.25, 0.3) is 105 Å². The lowest BCUT2D eigenvalue weighted by atomic mass is 9.98. The Morgan fingerprint density at radius 3 is 1.79 bits per heavy atom. The number of fused-ring (bicyclic) bond motifs is 2. The van der Waals surface area contributed by atoms with Crippen LogP contribution in [-0.2, 0) is 0 Å². The van der Waals surface area contributed by atoms with Gasteiger partial charge in [0.2, 0.25) is 0 Å². The number of pyridine rings is 2. The van der Waals surface area contributed by atoms with Gasteiger partial charge in [0.05, 0.1) is 39.7 Å². The van der Waals surface area contributed by atoms with Crippen molar-refractivity contribution in [2.24, 2.45) is 0 Å². The third-order valence-electron chi connectivity index (χ3n) is 10.9. The van der Waals surface area contributed by atoms with Crippen LogP contribution < -0.4 is 0 Å². The van der Waals surface area contributed by atoms with E-state index in [0.29, 0.717) is 5.82 Å². The van der Waals surface area contributed by atoms with Gasteiger partial charge < -0.3 is 4.40 Å². The molecular weight excluding hydrogens is 695 g/mol. The highest BCUT2D eigenvalue weighted by atomic mass is 14.9. The van der Waals surface area contributed by atoms with Crippen molar-refractivity contribution in [2.45, 2.75) is 0 Å². The Bertz CT molecular complexity index is 3330. The van der Waals surface area contributed by atoms with Gasteiger partial charge in [-0.3, -0.25) is 9.97 Å². The van der Waals surface area contributed by atoms with E-state index in [2.05, 4.69) is 173 Å². The van der Waals surface area contributed by atoms with Crippen molar-refractivity contribution in [1.29, 1.82) is 0 Å². The van der Waals surface area contributed by atoms with Gasteiger partial charge in [-0.05, 0) is 105 Å². The summed E-state index contributed by atoms with van der Waals surface area (Å²) in [5.41, 5.74) is 11.1. The SMILES string of the molecule is c1ccc(-c2nc(-c3cc4cc(c3)c3ccc(cc3)c3cccn3c3ccc(nc3)c3ccc4cc3)nc3ccc(-c4ccc(-c5ccccn5)cc4)cc23)cc1. The number of hydrogen-bond acceptors (Lipinski definition) is 4. The average Bonchev–Trinajstić information content (AvgIpc) is 3.79. The summed E-state index contributed by atoms with van der Waals surface area (Å²) < 4.78 is 2.19. The molecule has 57 heavy (non-hydrogen) atoms. The molecule has 0 N–H and O–H groups in total. The summed E-state index contributed by atoms with van der Waals surface area (Å²) in [5, 5.41) is 7.62. The minimum absolute atomic E-state index is 0.679. The van der Waals surface area contributed by atoms with Crippen LogP contribution in [0.4, 0.5) is 0 Å². The average molecular weight is 728 g/mol. The van der Waals surface area contributed by atoms with E-state index in [1.165, 1.54) is 0 Å². The van der Waals surface area contributed by atoms with Gasteiger partial charge in [-0.25, -0.2) is 9.97 Å². The van der Waals surface area contributed by atoms with E-state index in [-0.39, 0.29) is 0 Å². The van der Waals surface area contributed by atoms with Crippen molar-refractivity contribution < 1.29 is 0 Å². The number of rotatable bonds is 4. The minimum atomic E-state index is 0.679. The van der Waals surface area contributed by atoms with Crippen molar-refractivity contribution in [1.82, 2.24) is 24.3 Å². The van der Waals surface area contributed by atoms with Crippen LogP contribution in [-0.4, -0.2) is 24.3 Å². The Labute approximate surface area is 328 Å². The molecule has 0 fully saturated rings. The molecule has 5 nitrogen and oxygen atoms in total. The summed E-state index contributed by atoms with van der Waals surface area (Å²) in [6, 6.07) is 64.2. The molecule has 0 atom stereocenters. The Kier molecular flexibility index (Phi) is 7.74. The summed E-state index contributed by atoms with van der Waals surface area (Å²) in [7, 11) is 0. The number of benzene rings is 6. The lowest BCUT2D eigenvalue weighted by Gasteiger charge is -2.12. The standard InChI is InChI=1S/C52H33N5/c1-2-7-40(8-3-1)51-46-32-41(34-11-17-37(18-12-34)47-9-4-5-27-53-47)23-25-49(46)55-52(56-51)44-30-42-29-43(31-44)36-15-21-39(22-16-36)50-10-6-28-57(50)45-24-26-48(54-33-45)38-19-13-35(42)14-20-38/h1-33H. The maximum absolute atomic E-state index is 5.38. The van der Waals surface area contributed by atoms with Gasteiger partial charge in [0.1, 0.15) is 0 Å². The maximum Gasteiger partial charge on any atom is 0.160 e. The maximum atomic E-state index is 5.38. The monoisotopic (exact) mass is 727 g/mol. The van der Waals surface area contributed by atoms with Gasteiger partial charge in [-0.2, -0.15) is 0 Å². The van der Waals surface area contributed by atoms with E-state index >= 15 is 0 Å². The number of aromatic nitrogens is 5. The third kappa shape index (κ3) is 5.99. The van der Waals surface area contributed by atoms with Crippen LogP contribution in [0.1, 0.15) is 0 Å². The van der Waals surface area contributed by atoms with E-state index < -0.39 is 0 Å². The summed E-state index contributed by atoms with van der Waals surface area (Å²) in [6.07, 6.45) is 5.87. The first kappa shape index (κ1) is 32.7. The third-order valence-corrected chi connectivity index (χ3v) is 10.9. The molecule has 9 aromatic heterocycles. The number of nitrogens with zero attached hydrogens (tertiary/aromatic N) is 5. The normalized spacial score (nSPS) is 11.5. The van der Waals surface area contributed by atoms with Crippen LogP contribution in [0.2, 0.25) is 0 Å². The second-order valence-corrected chi connectivity index (χ2v) is 14.4. The van der Waals surface area contributed by atoms with Crippen molar-refractivity contribution in [2.75, 3.05) is 0 Å². The van der Waals surface area contributed by atoms with Crippen LogP contribution in [0, 0.1) is 0 Å². The Morgan fingerprint density at radius 2 is 1.07 bits per heavy atom. The second kappa shape index (κ2) is 13.5. The molecular formula is C52H33N5. The Hall–Kier alpha value is -7.76. The van der Waals surface area contributed by atoms with Gasteiger partial charge in [-0.15, -0.1) is 0 Å². The topological polar surface area (TPSA) is 56.0 Å². The molecule has 15 rings (SSSR count). The molecule has 0 amide bonds. The fourth-order valence-electron chi connectivity index (χ4n) is 7.92. The molecule has 266 valence electrons. The van der Waals surface area contributed by atoms with Gasteiger partial charge in [-0.1, -0.05) is 115 Å². The van der Waals surface area contributed by atoms with Crippen LogP contribution in [0.5, 0.6) is 0 Å². The van der Waals surface area contributed by atoms with Crippen LogP contribution in [0.15, 0.2) is 201 Å². The lowest BCUT2D eigenvalue weighted by molar-refractivity contribution is 1.23. The second-order valence-electron chi connectivity index (χ2n) is 14.4. The molecule has 15 aromatic rings. The molecule has 0 spiro atoms. The highest BCUT2D eigenvalue weighted by molar-refractivity contribution is 6.00. The van der Waals surface area contributed by atoms with Crippen molar-refractivity contribution in [3.05, 3.63) is 201 Å². The first-order valence-corrected chi connectivity index (χ1v) is 19.1.